The van der Waals surface area contributed by atoms with Gasteiger partial charge in [0.2, 0.25) is 5.91 Å². The quantitative estimate of drug-likeness (QED) is 0.347. The van der Waals surface area contributed by atoms with E-state index in [0.29, 0.717) is 36.7 Å². The maximum absolute atomic E-state index is 14.1. The minimum absolute atomic E-state index is 0.0356. The molecule has 0 aromatic rings. The summed E-state index contributed by atoms with van der Waals surface area (Å²) in [5.74, 6) is 1.02. The molecular weight excluding hydrogens is 490 g/mol. The molecule has 1 amide bonds. The molecule has 216 valence electrons. The number of Topliss-reactive ketones (excluding diaryl/α,β-unsaturated/α-hetero) is 2. The first-order valence-electron chi connectivity index (χ1n) is 15.5. The number of allylic oxidation sites excluding steroid dienone is 2. The molecule has 4 fully saturated rings. The Balaban J connectivity index is 1.51. The van der Waals surface area contributed by atoms with Crippen molar-refractivity contribution in [2.75, 3.05) is 7.11 Å². The fraction of sp³-hybridized carbons (Fsp3) is 0.818. The predicted molar refractivity (Wildman–Crippen MR) is 149 cm³/mol. The second kappa shape index (κ2) is 9.83. The molecule has 6 rings (SSSR count). The van der Waals surface area contributed by atoms with Gasteiger partial charge in [0.05, 0.1) is 7.11 Å². The lowest BCUT2D eigenvalue weighted by molar-refractivity contribution is -0.195. The van der Waals surface area contributed by atoms with Crippen LogP contribution in [0.2, 0.25) is 0 Å². The van der Waals surface area contributed by atoms with Gasteiger partial charge >= 0.3 is 5.97 Å². The van der Waals surface area contributed by atoms with Crippen molar-refractivity contribution in [3.63, 3.8) is 0 Å². The monoisotopic (exact) mass is 539 g/mol. The summed E-state index contributed by atoms with van der Waals surface area (Å²) >= 11 is 0. The van der Waals surface area contributed by atoms with Gasteiger partial charge in [-0.2, -0.15) is 0 Å². The molecule has 1 N–H and O–H groups in total. The summed E-state index contributed by atoms with van der Waals surface area (Å²) in [6.07, 6.45) is 9.28. The van der Waals surface area contributed by atoms with Crippen LogP contribution in [0.5, 0.6) is 0 Å². The van der Waals surface area contributed by atoms with Gasteiger partial charge in [-0.15, -0.1) is 0 Å². The van der Waals surface area contributed by atoms with Crippen LogP contribution in [0, 0.1) is 57.7 Å². The fourth-order valence-corrected chi connectivity index (χ4v) is 10.5. The maximum atomic E-state index is 14.1. The zero-order valence-electron chi connectivity index (χ0n) is 25.1. The number of hydrogen-bond donors (Lipinski definition) is 1. The Labute approximate surface area is 234 Å². The van der Waals surface area contributed by atoms with Crippen molar-refractivity contribution in [2.45, 2.75) is 105 Å². The van der Waals surface area contributed by atoms with Crippen LogP contribution in [0.15, 0.2) is 11.6 Å². The number of carbonyl (C=O) groups is 4. The Kier molecular flexibility index (Phi) is 7.20. The van der Waals surface area contributed by atoms with E-state index in [0.717, 1.165) is 38.5 Å². The second-order valence-corrected chi connectivity index (χ2v) is 14.8. The average molecular weight is 540 g/mol. The average Bonchev–Trinajstić information content (AvgIpc) is 2.88. The van der Waals surface area contributed by atoms with Crippen molar-refractivity contribution in [1.82, 2.24) is 5.32 Å². The lowest BCUT2D eigenvalue weighted by Crippen LogP contribution is -2.68. The van der Waals surface area contributed by atoms with Crippen LogP contribution in [-0.2, 0) is 23.9 Å². The zero-order valence-corrected chi connectivity index (χ0v) is 25.1. The van der Waals surface area contributed by atoms with Gasteiger partial charge in [0.1, 0.15) is 17.6 Å². The molecule has 2 bridgehead atoms. The summed E-state index contributed by atoms with van der Waals surface area (Å²) < 4.78 is 5.04. The lowest BCUT2D eigenvalue weighted by atomic mass is 9.33. The minimum Gasteiger partial charge on any atom is -0.467 e. The largest absolute Gasteiger partial charge is 0.467 e. The smallest absolute Gasteiger partial charge is 0.328 e. The van der Waals surface area contributed by atoms with E-state index in [9.17, 15) is 19.2 Å². The van der Waals surface area contributed by atoms with Gasteiger partial charge < -0.3 is 10.1 Å². The van der Waals surface area contributed by atoms with Crippen molar-refractivity contribution >= 4 is 23.4 Å². The van der Waals surface area contributed by atoms with E-state index in [-0.39, 0.29) is 58.2 Å². The van der Waals surface area contributed by atoms with E-state index in [1.54, 1.807) is 0 Å². The maximum Gasteiger partial charge on any atom is 0.328 e. The highest BCUT2D eigenvalue weighted by Gasteiger charge is 2.70. The molecule has 4 saturated carbocycles. The number of fused-ring (bicyclic) bond motifs is 1. The second-order valence-electron chi connectivity index (χ2n) is 14.8. The zero-order chi connectivity index (χ0) is 28.5. The van der Waals surface area contributed by atoms with Gasteiger partial charge in [0.15, 0.2) is 0 Å². The van der Waals surface area contributed by atoms with Gasteiger partial charge in [-0.1, -0.05) is 59.6 Å². The number of esters is 1. The highest BCUT2D eigenvalue weighted by Crippen LogP contribution is 2.74. The number of nitrogens with one attached hydrogen (secondary N) is 1. The van der Waals surface area contributed by atoms with Crippen molar-refractivity contribution in [3.05, 3.63) is 11.6 Å². The Morgan fingerprint density at radius 2 is 1.72 bits per heavy atom. The molecule has 1 unspecified atom stereocenters. The number of hydrogen-bond acceptors (Lipinski definition) is 5. The van der Waals surface area contributed by atoms with E-state index in [1.165, 1.54) is 12.7 Å². The van der Waals surface area contributed by atoms with Gasteiger partial charge in [-0.25, -0.2) is 4.79 Å². The van der Waals surface area contributed by atoms with Crippen LogP contribution in [0.1, 0.15) is 99.3 Å². The molecule has 0 saturated heterocycles. The van der Waals surface area contributed by atoms with Gasteiger partial charge in [0.25, 0.3) is 0 Å². The summed E-state index contributed by atoms with van der Waals surface area (Å²) in [4.78, 5) is 53.6. The predicted octanol–water partition coefficient (Wildman–Crippen LogP) is 5.68. The Bertz CT molecular complexity index is 1090. The number of carbonyl (C=O) groups excluding carboxylic acids is 4. The van der Waals surface area contributed by atoms with Crippen LogP contribution in [0.4, 0.5) is 0 Å². The number of methoxy groups -OCH3 is 1. The first kappa shape index (κ1) is 28.5. The first-order chi connectivity index (χ1) is 18.3. The van der Waals surface area contributed by atoms with Gasteiger partial charge in [-0.3, -0.25) is 14.4 Å². The summed E-state index contributed by atoms with van der Waals surface area (Å²) in [6, 6.07) is -0.642. The summed E-state index contributed by atoms with van der Waals surface area (Å²) in [7, 11) is 1.38. The molecule has 9 atom stereocenters. The van der Waals surface area contributed by atoms with Gasteiger partial charge in [0, 0.05) is 35.5 Å². The molecule has 0 aliphatic heterocycles. The van der Waals surface area contributed by atoms with Crippen LogP contribution < -0.4 is 5.32 Å². The Morgan fingerprint density at radius 3 is 2.36 bits per heavy atom. The van der Waals surface area contributed by atoms with Crippen LogP contribution in [0.3, 0.4) is 0 Å². The van der Waals surface area contributed by atoms with E-state index < -0.39 is 11.5 Å². The molecule has 6 heteroatoms. The molecular formula is C33H49NO5. The lowest BCUT2D eigenvalue weighted by Gasteiger charge is -2.70. The van der Waals surface area contributed by atoms with Crippen LogP contribution in [0.25, 0.3) is 0 Å². The summed E-state index contributed by atoms with van der Waals surface area (Å²) in [6.45, 7) is 13.0. The number of rotatable bonds is 6. The summed E-state index contributed by atoms with van der Waals surface area (Å²) in [5.41, 5.74) is 0.414. The third kappa shape index (κ3) is 4.17. The molecule has 0 aromatic carbocycles. The number of amides is 1. The molecule has 1 spiro atoms. The third-order valence-electron chi connectivity index (χ3n) is 12.0. The molecule has 0 heterocycles. The van der Waals surface area contributed by atoms with Crippen molar-refractivity contribution < 1.29 is 23.9 Å². The molecule has 6 nitrogen and oxygen atoms in total. The van der Waals surface area contributed by atoms with Crippen molar-refractivity contribution in [2.24, 2.45) is 57.7 Å². The molecule has 6 aliphatic rings. The Hall–Kier alpha value is -1.98. The van der Waals surface area contributed by atoms with Crippen LogP contribution in [-0.4, -0.2) is 36.6 Å². The van der Waals surface area contributed by atoms with E-state index in [2.05, 4.69) is 39.1 Å². The fourth-order valence-electron chi connectivity index (χ4n) is 10.5. The van der Waals surface area contributed by atoms with Gasteiger partial charge in [-0.05, 0) is 73.5 Å². The summed E-state index contributed by atoms with van der Waals surface area (Å²) in [5, 5.41) is 3.12. The third-order valence-corrected chi connectivity index (χ3v) is 12.0. The van der Waals surface area contributed by atoms with Crippen LogP contribution >= 0.6 is 0 Å². The topological polar surface area (TPSA) is 89.5 Å². The van der Waals surface area contributed by atoms with Crippen molar-refractivity contribution in [1.29, 1.82) is 0 Å². The standard InChI is InChI=1S/C33H49NO5/c1-18(2)15-22(29(37)39-7)34-30(38)32(6)13-8-12-31(5)25(32)11-14-33-17-21(19(3)4)20(16-26(31)33)27-23(35)9-10-24(36)28(27)33/h17-20,22,25-28H,8-16H2,1-7H3,(H,34,38)/t20-,22-,25+,26+,27-,28+,31-,32?,33-/m0/s1. The molecule has 0 aromatic heterocycles. The van der Waals surface area contributed by atoms with Crippen molar-refractivity contribution in [3.8, 4) is 0 Å². The molecule has 39 heavy (non-hydrogen) atoms. The van der Waals surface area contributed by atoms with E-state index in [4.69, 9.17) is 4.74 Å². The number of ether oxygens (including phenoxy) is 1. The SMILES string of the molecule is COC(=O)[C@H](CC(C)C)NC(=O)C1(C)CCC[C@]2(C)[C@H]3C[C@H]4C(C(C)C)=C[C@]3(CC[C@@H]12)[C@@H]1C(=O)CCC(=O)[C@@H]14. The minimum atomic E-state index is -0.642. The highest BCUT2D eigenvalue weighted by atomic mass is 16.5. The molecule has 0 radical (unpaired) electrons. The number of ketones is 2. The Morgan fingerprint density at radius 1 is 1.03 bits per heavy atom. The normalized spacial score (nSPS) is 41.9. The first-order valence-corrected chi connectivity index (χ1v) is 15.5. The molecule has 6 aliphatic carbocycles. The van der Waals surface area contributed by atoms with E-state index in [1.807, 2.05) is 13.8 Å². The van der Waals surface area contributed by atoms with E-state index >= 15 is 0 Å². The highest BCUT2D eigenvalue weighted by molar-refractivity contribution is 5.98.